The lowest BCUT2D eigenvalue weighted by Gasteiger charge is -2.30. The Balaban J connectivity index is 1.19. The third-order valence-electron chi connectivity index (χ3n) is 6.25. The topological polar surface area (TPSA) is 79.4 Å². The number of carbonyl (C=O) groups is 1. The number of anilines is 1. The molecule has 36 heavy (non-hydrogen) atoms. The van der Waals surface area contributed by atoms with Crippen LogP contribution in [0.5, 0.6) is 0 Å². The number of halogens is 1. The van der Waals surface area contributed by atoms with Crippen molar-refractivity contribution < 1.29 is 13.2 Å². The summed E-state index contributed by atoms with van der Waals surface area (Å²) in [6.45, 7) is 0.552. The largest absolute Gasteiger partial charge is 0.326 e. The molecule has 1 N–H and O–H groups in total. The van der Waals surface area contributed by atoms with Gasteiger partial charge in [-0.25, -0.2) is 13.4 Å². The molecule has 2 heterocycles. The lowest BCUT2D eigenvalue weighted by Crippen LogP contribution is -2.41. The summed E-state index contributed by atoms with van der Waals surface area (Å²) in [5, 5.41) is 6.13. The number of carbonyl (C=O) groups excluding carboxylic acids is 1. The van der Waals surface area contributed by atoms with Crippen LogP contribution in [0.1, 0.15) is 12.8 Å². The highest BCUT2D eigenvalue weighted by molar-refractivity contribution is 7.89. The molecular weight excluding hydrogens is 514 g/mol. The van der Waals surface area contributed by atoms with E-state index in [1.807, 2.05) is 60.0 Å². The van der Waals surface area contributed by atoms with Gasteiger partial charge < -0.3 is 5.32 Å². The average Bonchev–Trinajstić information content (AvgIpc) is 3.40. The second kappa shape index (κ2) is 10.5. The molecule has 1 amide bonds. The Hall–Kier alpha value is -3.04. The van der Waals surface area contributed by atoms with Crippen molar-refractivity contribution in [2.75, 3.05) is 18.4 Å². The Kier molecular flexibility index (Phi) is 7.20. The Morgan fingerprint density at radius 2 is 1.58 bits per heavy atom. The molecule has 0 aliphatic carbocycles. The van der Waals surface area contributed by atoms with E-state index in [9.17, 15) is 13.2 Å². The summed E-state index contributed by atoms with van der Waals surface area (Å²) in [7, 11) is -3.68. The Bertz CT molecular complexity index is 1460. The van der Waals surface area contributed by atoms with Gasteiger partial charge in [-0.3, -0.25) is 4.79 Å². The number of aromatic nitrogens is 1. The Labute approximate surface area is 219 Å². The zero-order chi connectivity index (χ0) is 25.1. The fraction of sp³-hybridized carbons (Fsp3) is 0.185. The molecule has 1 saturated heterocycles. The summed E-state index contributed by atoms with van der Waals surface area (Å²) in [4.78, 5) is 17.7. The van der Waals surface area contributed by atoms with E-state index >= 15 is 0 Å². The first kappa shape index (κ1) is 24.6. The van der Waals surface area contributed by atoms with Crippen LogP contribution in [-0.2, 0) is 14.8 Å². The van der Waals surface area contributed by atoms with Gasteiger partial charge in [0.15, 0.2) is 0 Å². The molecule has 0 unspecified atom stereocenters. The molecule has 0 atom stereocenters. The number of hydrogen-bond acceptors (Lipinski definition) is 5. The van der Waals surface area contributed by atoms with Gasteiger partial charge in [-0.1, -0.05) is 54.1 Å². The maximum Gasteiger partial charge on any atom is 0.244 e. The number of nitrogens with zero attached hydrogens (tertiary/aromatic N) is 2. The standard InChI is InChI=1S/C27H24ClN3O3S2/c28-23-8-4-5-9-25(23)36(33,34)31-16-14-20(15-17-31)26(32)29-22-12-10-21(11-13-22)27-30-24(18-35-27)19-6-2-1-3-7-19/h1-13,18,20H,14-17H2,(H,29,32). The first-order valence-corrected chi connectivity index (χ1v) is 14.3. The molecule has 5 rings (SSSR count). The highest BCUT2D eigenvalue weighted by atomic mass is 35.5. The van der Waals surface area contributed by atoms with Gasteiger partial charge in [-0.05, 0) is 49.2 Å². The van der Waals surface area contributed by atoms with Crippen molar-refractivity contribution >= 4 is 44.6 Å². The molecule has 1 aliphatic rings. The lowest BCUT2D eigenvalue weighted by atomic mass is 9.97. The van der Waals surface area contributed by atoms with Crippen molar-refractivity contribution in [1.29, 1.82) is 0 Å². The fourth-order valence-corrected chi connectivity index (χ4v) is 7.04. The quantitative estimate of drug-likeness (QED) is 0.319. The van der Waals surface area contributed by atoms with E-state index in [-0.39, 0.29) is 34.8 Å². The molecular formula is C27H24ClN3O3S2. The predicted molar refractivity (Wildman–Crippen MR) is 145 cm³/mol. The van der Waals surface area contributed by atoms with Crippen LogP contribution in [0.25, 0.3) is 21.8 Å². The van der Waals surface area contributed by atoms with Crippen LogP contribution in [0, 0.1) is 5.92 Å². The van der Waals surface area contributed by atoms with E-state index < -0.39 is 10.0 Å². The van der Waals surface area contributed by atoms with Gasteiger partial charge in [-0.2, -0.15) is 4.31 Å². The summed E-state index contributed by atoms with van der Waals surface area (Å²) in [5.74, 6) is -0.354. The molecule has 9 heteroatoms. The maximum absolute atomic E-state index is 12.9. The first-order valence-electron chi connectivity index (χ1n) is 11.6. The highest BCUT2D eigenvalue weighted by Gasteiger charge is 2.33. The fourth-order valence-electron chi connectivity index (χ4n) is 4.24. The number of nitrogens with one attached hydrogen (secondary N) is 1. The SMILES string of the molecule is O=C(Nc1ccc(-c2nc(-c3ccccc3)cs2)cc1)C1CCN(S(=O)(=O)c2ccccc2Cl)CC1. The average molecular weight is 538 g/mol. The van der Waals surface area contributed by atoms with Gasteiger partial charge >= 0.3 is 0 Å². The molecule has 3 aromatic carbocycles. The van der Waals surface area contributed by atoms with Crippen LogP contribution in [0.3, 0.4) is 0 Å². The van der Waals surface area contributed by atoms with Gasteiger partial charge in [0.25, 0.3) is 0 Å². The van der Waals surface area contributed by atoms with Gasteiger partial charge in [-0.15, -0.1) is 11.3 Å². The summed E-state index contributed by atoms with van der Waals surface area (Å²) in [6.07, 6.45) is 0.907. The van der Waals surface area contributed by atoms with E-state index in [0.717, 1.165) is 21.8 Å². The Morgan fingerprint density at radius 3 is 2.28 bits per heavy atom. The summed E-state index contributed by atoms with van der Waals surface area (Å²) < 4.78 is 27.3. The van der Waals surface area contributed by atoms with Crippen molar-refractivity contribution in [2.24, 2.45) is 5.92 Å². The van der Waals surface area contributed by atoms with Crippen LogP contribution < -0.4 is 5.32 Å². The number of rotatable bonds is 6. The monoisotopic (exact) mass is 537 g/mol. The molecule has 0 radical (unpaired) electrons. The summed E-state index contributed by atoms with van der Waals surface area (Å²) >= 11 is 7.68. The third-order valence-corrected chi connectivity index (χ3v) is 9.54. The van der Waals surface area contributed by atoms with Gasteiger partial charge in [0.05, 0.1) is 10.7 Å². The second-order valence-corrected chi connectivity index (χ2v) is 11.8. The minimum absolute atomic E-state index is 0.0989. The zero-order valence-electron chi connectivity index (χ0n) is 19.3. The van der Waals surface area contributed by atoms with Gasteiger partial charge in [0.2, 0.25) is 15.9 Å². The third kappa shape index (κ3) is 5.22. The highest BCUT2D eigenvalue weighted by Crippen LogP contribution is 2.31. The van der Waals surface area contributed by atoms with Gasteiger partial charge in [0, 0.05) is 41.2 Å². The first-order chi connectivity index (χ1) is 17.4. The number of amides is 1. The van der Waals surface area contributed by atoms with E-state index in [1.54, 1.807) is 29.5 Å². The van der Waals surface area contributed by atoms with Crippen molar-refractivity contribution in [2.45, 2.75) is 17.7 Å². The predicted octanol–water partition coefficient (Wildman–Crippen LogP) is 6.17. The van der Waals surface area contributed by atoms with Crippen molar-refractivity contribution in [3.63, 3.8) is 0 Å². The molecule has 1 fully saturated rings. The smallest absolute Gasteiger partial charge is 0.244 e. The molecule has 4 aromatic rings. The number of hydrogen-bond donors (Lipinski definition) is 1. The van der Waals surface area contributed by atoms with Crippen LogP contribution in [0.15, 0.2) is 89.1 Å². The van der Waals surface area contributed by atoms with Crippen molar-refractivity contribution in [1.82, 2.24) is 9.29 Å². The molecule has 184 valence electrons. The second-order valence-electron chi connectivity index (χ2n) is 8.58. The van der Waals surface area contributed by atoms with E-state index in [2.05, 4.69) is 5.32 Å². The van der Waals surface area contributed by atoms with Crippen molar-refractivity contribution in [3.05, 3.63) is 89.3 Å². The van der Waals surface area contributed by atoms with Crippen LogP contribution >= 0.6 is 22.9 Å². The summed E-state index contributed by atoms with van der Waals surface area (Å²) in [5.41, 5.74) is 3.71. The van der Waals surface area contributed by atoms with Gasteiger partial charge in [0.1, 0.15) is 9.90 Å². The molecule has 6 nitrogen and oxygen atoms in total. The minimum atomic E-state index is -3.68. The van der Waals surface area contributed by atoms with E-state index in [1.165, 1.54) is 10.4 Å². The number of benzene rings is 3. The Morgan fingerprint density at radius 1 is 0.917 bits per heavy atom. The molecule has 0 saturated carbocycles. The molecule has 0 spiro atoms. The maximum atomic E-state index is 12.9. The molecule has 0 bridgehead atoms. The van der Waals surface area contributed by atoms with Crippen molar-refractivity contribution in [3.8, 4) is 21.8 Å². The minimum Gasteiger partial charge on any atom is -0.326 e. The zero-order valence-corrected chi connectivity index (χ0v) is 21.7. The normalized spacial score (nSPS) is 15.0. The van der Waals surface area contributed by atoms with Crippen LogP contribution in [-0.4, -0.2) is 36.7 Å². The number of sulfonamides is 1. The van der Waals surface area contributed by atoms with E-state index in [0.29, 0.717) is 18.5 Å². The number of thiazole rings is 1. The van der Waals surface area contributed by atoms with Crippen LogP contribution in [0.2, 0.25) is 5.02 Å². The molecule has 1 aliphatic heterocycles. The van der Waals surface area contributed by atoms with E-state index in [4.69, 9.17) is 16.6 Å². The number of piperidine rings is 1. The lowest BCUT2D eigenvalue weighted by molar-refractivity contribution is -0.120. The summed E-state index contributed by atoms with van der Waals surface area (Å²) in [6, 6.07) is 24.1. The molecule has 1 aromatic heterocycles. The van der Waals surface area contributed by atoms with Crippen LogP contribution in [0.4, 0.5) is 5.69 Å².